The second-order valence-corrected chi connectivity index (χ2v) is 6.28. The number of aromatic nitrogens is 2. The monoisotopic (exact) mass is 279 g/mol. The minimum atomic E-state index is -3.55. The van der Waals surface area contributed by atoms with Gasteiger partial charge in [-0.05, 0) is 32.9 Å². The van der Waals surface area contributed by atoms with E-state index in [2.05, 4.69) is 9.82 Å². The van der Waals surface area contributed by atoms with E-state index in [1.807, 2.05) is 20.8 Å². The van der Waals surface area contributed by atoms with Crippen molar-refractivity contribution in [2.24, 2.45) is 0 Å². The standard InChI is InChI=1S/C13H17N3O2S/c1-10(2)16-11(3)13(9-14-16)15-19(17,18)12-7-5-4-6-8-12/h4-10,15H,1-3H3. The van der Waals surface area contributed by atoms with E-state index in [-0.39, 0.29) is 10.9 Å². The van der Waals surface area contributed by atoms with E-state index in [0.717, 1.165) is 5.69 Å². The largest absolute Gasteiger partial charge is 0.276 e. The summed E-state index contributed by atoms with van der Waals surface area (Å²) in [4.78, 5) is 0.242. The quantitative estimate of drug-likeness (QED) is 0.935. The van der Waals surface area contributed by atoms with Gasteiger partial charge in [0, 0.05) is 6.04 Å². The lowest BCUT2D eigenvalue weighted by molar-refractivity contribution is 0.519. The van der Waals surface area contributed by atoms with Crippen molar-refractivity contribution in [2.45, 2.75) is 31.7 Å². The average Bonchev–Trinajstić information content (AvgIpc) is 2.72. The molecule has 0 fully saturated rings. The van der Waals surface area contributed by atoms with Gasteiger partial charge in [-0.2, -0.15) is 5.10 Å². The van der Waals surface area contributed by atoms with Gasteiger partial charge in [-0.15, -0.1) is 0 Å². The van der Waals surface area contributed by atoms with Gasteiger partial charge in [0.1, 0.15) is 0 Å². The normalized spacial score (nSPS) is 11.8. The third kappa shape index (κ3) is 2.78. The second-order valence-electron chi connectivity index (χ2n) is 4.60. The van der Waals surface area contributed by atoms with Crippen LogP contribution in [0.1, 0.15) is 25.6 Å². The molecule has 2 rings (SSSR count). The smallest absolute Gasteiger partial charge is 0.262 e. The van der Waals surface area contributed by atoms with E-state index in [4.69, 9.17) is 0 Å². The van der Waals surface area contributed by atoms with Crippen LogP contribution in [0.15, 0.2) is 41.4 Å². The molecule has 0 aliphatic carbocycles. The third-order valence-electron chi connectivity index (χ3n) is 2.83. The number of hydrogen-bond donors (Lipinski definition) is 1. The second kappa shape index (κ2) is 5.05. The Balaban J connectivity index is 2.32. The van der Waals surface area contributed by atoms with Crippen LogP contribution in [0.3, 0.4) is 0 Å². The maximum atomic E-state index is 12.2. The third-order valence-corrected chi connectivity index (χ3v) is 4.21. The minimum Gasteiger partial charge on any atom is -0.276 e. The van der Waals surface area contributed by atoms with Crippen LogP contribution < -0.4 is 4.72 Å². The fourth-order valence-electron chi connectivity index (χ4n) is 1.85. The van der Waals surface area contributed by atoms with Gasteiger partial charge in [-0.1, -0.05) is 18.2 Å². The van der Waals surface area contributed by atoms with E-state index < -0.39 is 10.0 Å². The highest BCUT2D eigenvalue weighted by Crippen LogP contribution is 2.21. The van der Waals surface area contributed by atoms with E-state index in [0.29, 0.717) is 5.69 Å². The molecule has 1 N–H and O–H groups in total. The SMILES string of the molecule is Cc1c(NS(=O)(=O)c2ccccc2)cnn1C(C)C. The molecule has 0 amide bonds. The summed E-state index contributed by atoms with van der Waals surface area (Å²) < 4.78 is 28.7. The number of rotatable bonds is 4. The highest BCUT2D eigenvalue weighted by Gasteiger charge is 2.17. The van der Waals surface area contributed by atoms with Crippen molar-refractivity contribution >= 4 is 15.7 Å². The maximum Gasteiger partial charge on any atom is 0.262 e. The molecule has 0 bridgehead atoms. The molecule has 0 aliphatic rings. The van der Waals surface area contributed by atoms with Gasteiger partial charge < -0.3 is 0 Å². The predicted octanol–water partition coefficient (Wildman–Crippen LogP) is 2.57. The van der Waals surface area contributed by atoms with Crippen LogP contribution in [0.2, 0.25) is 0 Å². The Morgan fingerprint density at radius 2 is 1.84 bits per heavy atom. The predicted molar refractivity (Wildman–Crippen MR) is 74.6 cm³/mol. The van der Waals surface area contributed by atoms with Gasteiger partial charge in [0.05, 0.1) is 22.5 Å². The lowest BCUT2D eigenvalue weighted by Gasteiger charge is -2.10. The first-order valence-corrected chi connectivity index (χ1v) is 7.52. The number of benzene rings is 1. The molecule has 1 aromatic heterocycles. The molecule has 0 saturated carbocycles. The molecule has 0 spiro atoms. The van der Waals surface area contributed by atoms with Crippen LogP contribution >= 0.6 is 0 Å². The fraction of sp³-hybridized carbons (Fsp3) is 0.308. The van der Waals surface area contributed by atoms with Crippen molar-refractivity contribution in [3.8, 4) is 0 Å². The van der Waals surface area contributed by atoms with Crippen LogP contribution in [0.5, 0.6) is 0 Å². The Morgan fingerprint density at radius 1 is 1.21 bits per heavy atom. The van der Waals surface area contributed by atoms with Gasteiger partial charge in [-0.25, -0.2) is 8.42 Å². The van der Waals surface area contributed by atoms with Crippen LogP contribution in [0, 0.1) is 6.92 Å². The van der Waals surface area contributed by atoms with Crippen LogP contribution in [0.25, 0.3) is 0 Å². The van der Waals surface area contributed by atoms with Gasteiger partial charge in [0.15, 0.2) is 0 Å². The molecule has 0 atom stereocenters. The topological polar surface area (TPSA) is 64.0 Å². The first-order chi connectivity index (χ1) is 8.92. The zero-order valence-electron chi connectivity index (χ0n) is 11.2. The molecular formula is C13H17N3O2S. The summed E-state index contributed by atoms with van der Waals surface area (Å²) in [5.41, 5.74) is 1.31. The fourth-order valence-corrected chi connectivity index (χ4v) is 2.97. The van der Waals surface area contributed by atoms with E-state index >= 15 is 0 Å². The number of hydrogen-bond acceptors (Lipinski definition) is 3. The number of anilines is 1. The number of sulfonamides is 1. The van der Waals surface area contributed by atoms with Crippen molar-refractivity contribution in [3.05, 3.63) is 42.2 Å². The van der Waals surface area contributed by atoms with E-state index in [1.165, 1.54) is 6.20 Å². The van der Waals surface area contributed by atoms with Crippen LogP contribution in [-0.4, -0.2) is 18.2 Å². The molecule has 5 nitrogen and oxygen atoms in total. The molecule has 1 aromatic carbocycles. The highest BCUT2D eigenvalue weighted by molar-refractivity contribution is 7.92. The van der Waals surface area contributed by atoms with Crippen molar-refractivity contribution in [1.82, 2.24) is 9.78 Å². The Kier molecular flexibility index (Phi) is 3.61. The molecule has 19 heavy (non-hydrogen) atoms. The first-order valence-electron chi connectivity index (χ1n) is 6.04. The molecule has 0 aliphatic heterocycles. The van der Waals surface area contributed by atoms with Crippen molar-refractivity contribution in [3.63, 3.8) is 0 Å². The Bertz CT molecular complexity index is 660. The Labute approximate surface area is 113 Å². The Hall–Kier alpha value is -1.82. The molecule has 1 heterocycles. The molecule has 6 heteroatoms. The lowest BCUT2D eigenvalue weighted by atomic mass is 10.3. The Morgan fingerprint density at radius 3 is 2.37 bits per heavy atom. The summed E-state index contributed by atoms with van der Waals surface area (Å²) in [6.07, 6.45) is 1.54. The zero-order valence-corrected chi connectivity index (χ0v) is 12.0. The number of nitrogens with one attached hydrogen (secondary N) is 1. The molecular weight excluding hydrogens is 262 g/mol. The van der Waals surface area contributed by atoms with Crippen LogP contribution in [-0.2, 0) is 10.0 Å². The summed E-state index contributed by atoms with van der Waals surface area (Å²) in [5.74, 6) is 0. The summed E-state index contributed by atoms with van der Waals surface area (Å²) in [6.45, 7) is 5.83. The minimum absolute atomic E-state index is 0.190. The summed E-state index contributed by atoms with van der Waals surface area (Å²) in [6, 6.07) is 8.48. The summed E-state index contributed by atoms with van der Waals surface area (Å²) >= 11 is 0. The lowest BCUT2D eigenvalue weighted by Crippen LogP contribution is -2.13. The van der Waals surface area contributed by atoms with Gasteiger partial charge in [0.25, 0.3) is 10.0 Å². The summed E-state index contributed by atoms with van der Waals surface area (Å²) in [5, 5.41) is 4.18. The van der Waals surface area contributed by atoms with E-state index in [9.17, 15) is 8.42 Å². The average molecular weight is 279 g/mol. The van der Waals surface area contributed by atoms with Crippen molar-refractivity contribution in [2.75, 3.05) is 4.72 Å². The molecule has 0 unspecified atom stereocenters. The van der Waals surface area contributed by atoms with E-state index in [1.54, 1.807) is 35.0 Å². The summed E-state index contributed by atoms with van der Waals surface area (Å²) in [7, 11) is -3.55. The van der Waals surface area contributed by atoms with Crippen molar-refractivity contribution in [1.29, 1.82) is 0 Å². The molecule has 2 aromatic rings. The molecule has 0 saturated heterocycles. The number of nitrogens with zero attached hydrogens (tertiary/aromatic N) is 2. The van der Waals surface area contributed by atoms with Gasteiger partial charge in [0.2, 0.25) is 0 Å². The molecule has 102 valence electrons. The maximum absolute atomic E-state index is 12.2. The van der Waals surface area contributed by atoms with Crippen LogP contribution in [0.4, 0.5) is 5.69 Å². The molecule has 0 radical (unpaired) electrons. The first kappa shape index (κ1) is 13.6. The van der Waals surface area contributed by atoms with Gasteiger partial charge >= 0.3 is 0 Å². The zero-order chi connectivity index (χ0) is 14.0. The highest BCUT2D eigenvalue weighted by atomic mass is 32.2. The van der Waals surface area contributed by atoms with Crippen molar-refractivity contribution < 1.29 is 8.42 Å². The van der Waals surface area contributed by atoms with Gasteiger partial charge in [-0.3, -0.25) is 9.40 Å².